The van der Waals surface area contributed by atoms with Crippen LogP contribution >= 0.6 is 0 Å². The van der Waals surface area contributed by atoms with Crippen molar-refractivity contribution in [2.75, 3.05) is 106 Å². The fourth-order valence-electron chi connectivity index (χ4n) is 3.94. The van der Waals surface area contributed by atoms with Gasteiger partial charge in [0.2, 0.25) is 0 Å². The van der Waals surface area contributed by atoms with Crippen LogP contribution in [0.2, 0.25) is 0 Å². The van der Waals surface area contributed by atoms with Gasteiger partial charge in [-0.15, -0.1) is 0 Å². The molecule has 0 heterocycles. The van der Waals surface area contributed by atoms with Crippen LogP contribution in [0.25, 0.3) is 0 Å². The Kier molecular flexibility index (Phi) is 29.0. The zero-order valence-electron chi connectivity index (χ0n) is 34.9. The summed E-state index contributed by atoms with van der Waals surface area (Å²) in [5.74, 6) is -3.00. The van der Waals surface area contributed by atoms with Gasteiger partial charge in [-0.05, 0) is 6.08 Å². The van der Waals surface area contributed by atoms with Gasteiger partial charge in [0.15, 0.2) is 0 Å². The lowest BCUT2D eigenvalue weighted by molar-refractivity contribution is -0.318. The Morgan fingerprint density at radius 3 is 1.02 bits per heavy atom. The highest BCUT2D eigenvalue weighted by molar-refractivity contribution is 5.81. The third kappa shape index (κ3) is 31.4. The average molecular weight is 967 g/mol. The van der Waals surface area contributed by atoms with Gasteiger partial charge in [-0.3, -0.25) is 0 Å². The first-order valence-corrected chi connectivity index (χ1v) is 18.6. The predicted octanol–water partition coefficient (Wildman–Crippen LogP) is 1.82. The minimum absolute atomic E-state index is 0.0175. The number of carbonyl (C=O) groups excluding carboxylic acids is 3. The molecule has 0 aromatic rings. The second kappa shape index (κ2) is 31.0. The second-order valence-corrected chi connectivity index (χ2v) is 13.4. The standard InChI is InChI=1S/C38H54F8O19/c1-6-26(5)58-12-27(47)10-54-22-37(43,44)64-20-34(18-56-24-35(39,40)62-16-29(49)14-60-32(52)8-3,19-57-25-36(41,42)63-17-30(50)15-61-33(53)9-4)21-65-38(45,46)23-55-11-28(48)13-59-31(51)7-2/h6-9,27-30,47-50H,1-5,10-25H2. The minimum Gasteiger partial charge on any atom is -0.491 e. The molecule has 0 rings (SSSR count). The molecule has 0 saturated carbocycles. The molecule has 0 aromatic carbocycles. The van der Waals surface area contributed by atoms with E-state index in [0.717, 1.165) is 6.08 Å². The van der Waals surface area contributed by atoms with Crippen LogP contribution in [-0.4, -0.2) is 193 Å². The third-order valence-electron chi connectivity index (χ3n) is 7.11. The summed E-state index contributed by atoms with van der Waals surface area (Å²) in [7, 11) is 0. The molecule has 65 heavy (non-hydrogen) atoms. The highest BCUT2D eigenvalue weighted by Crippen LogP contribution is 2.31. The number of aliphatic hydroxyl groups excluding tert-OH is 4. The summed E-state index contributed by atoms with van der Waals surface area (Å²) in [6, 6.07) is 0. The van der Waals surface area contributed by atoms with Crippen LogP contribution in [0.3, 0.4) is 0 Å². The van der Waals surface area contributed by atoms with Crippen LogP contribution in [0, 0.1) is 5.41 Å². The zero-order chi connectivity index (χ0) is 49.7. The predicted molar refractivity (Wildman–Crippen MR) is 202 cm³/mol. The summed E-state index contributed by atoms with van der Waals surface area (Å²) in [6.07, 6.45) is -21.1. The fourth-order valence-corrected chi connectivity index (χ4v) is 3.94. The van der Waals surface area contributed by atoms with Gasteiger partial charge in [-0.1, -0.05) is 32.9 Å². The lowest BCUT2D eigenvalue weighted by Crippen LogP contribution is -2.48. The van der Waals surface area contributed by atoms with Crippen molar-refractivity contribution >= 4 is 17.9 Å². The second-order valence-electron chi connectivity index (χ2n) is 13.4. The van der Waals surface area contributed by atoms with Gasteiger partial charge in [0.05, 0.1) is 58.3 Å². The molecule has 0 aliphatic heterocycles. The highest BCUT2D eigenvalue weighted by atomic mass is 19.3. The molecule has 0 radical (unpaired) electrons. The van der Waals surface area contributed by atoms with Gasteiger partial charge in [0.1, 0.15) is 83.0 Å². The normalized spacial score (nSPS) is 15.1. The zero-order valence-corrected chi connectivity index (χ0v) is 34.9. The Bertz CT molecular complexity index is 1370. The molecule has 19 nitrogen and oxygen atoms in total. The summed E-state index contributed by atoms with van der Waals surface area (Å²) in [6.45, 7) is -4.00. The Balaban J connectivity index is 6.38. The molecule has 0 saturated heterocycles. The molecule has 0 aliphatic rings. The largest absolute Gasteiger partial charge is 0.491 e. The monoisotopic (exact) mass is 966 g/mol. The molecule has 376 valence electrons. The van der Waals surface area contributed by atoms with Crippen molar-refractivity contribution in [3.8, 4) is 0 Å². The number of carbonyl (C=O) groups is 3. The Hall–Kier alpha value is -4.13. The molecule has 4 atom stereocenters. The first kappa shape index (κ1) is 60.9. The van der Waals surface area contributed by atoms with Crippen LogP contribution in [0.4, 0.5) is 35.1 Å². The maximum atomic E-state index is 15.0. The van der Waals surface area contributed by atoms with Crippen molar-refractivity contribution in [1.82, 2.24) is 0 Å². The first-order valence-electron chi connectivity index (χ1n) is 18.6. The molecular weight excluding hydrogens is 912 g/mol. The van der Waals surface area contributed by atoms with Gasteiger partial charge in [0.25, 0.3) is 0 Å². The molecule has 4 N–H and O–H groups in total. The number of esters is 3. The number of hydrogen-bond donors (Lipinski definition) is 4. The van der Waals surface area contributed by atoms with Crippen LogP contribution < -0.4 is 0 Å². The minimum atomic E-state index is -4.44. The van der Waals surface area contributed by atoms with Crippen molar-refractivity contribution in [1.29, 1.82) is 0 Å². The number of aliphatic hydroxyl groups is 4. The molecule has 0 fully saturated rings. The van der Waals surface area contributed by atoms with Gasteiger partial charge in [0, 0.05) is 18.2 Å². The molecular formula is C38H54F8O19. The summed E-state index contributed by atoms with van der Waals surface area (Å²) < 4.78 is 174. The van der Waals surface area contributed by atoms with E-state index in [1.165, 1.54) is 6.08 Å². The fraction of sp³-hybridized carbons (Fsp3) is 0.658. The Morgan fingerprint density at radius 2 is 0.692 bits per heavy atom. The number of alkyl halides is 8. The van der Waals surface area contributed by atoms with E-state index in [4.69, 9.17) is 18.9 Å². The lowest BCUT2D eigenvalue weighted by atomic mass is 9.92. The van der Waals surface area contributed by atoms with E-state index < -0.39 is 178 Å². The summed E-state index contributed by atoms with van der Waals surface area (Å²) in [5.41, 5.74) is -2.70. The molecule has 0 aliphatic carbocycles. The quantitative estimate of drug-likeness (QED) is 0.0171. The summed E-state index contributed by atoms with van der Waals surface area (Å²) in [5, 5.41) is 39.4. The maximum Gasteiger partial charge on any atom is 0.379 e. The van der Waals surface area contributed by atoms with Gasteiger partial charge in [-0.25, -0.2) is 14.4 Å². The van der Waals surface area contributed by atoms with Gasteiger partial charge < -0.3 is 77.3 Å². The van der Waals surface area contributed by atoms with Crippen molar-refractivity contribution in [2.24, 2.45) is 5.41 Å². The topological polar surface area (TPSA) is 243 Å². The van der Waals surface area contributed by atoms with E-state index in [9.17, 15) is 52.4 Å². The van der Waals surface area contributed by atoms with E-state index in [-0.39, 0.29) is 5.76 Å². The summed E-state index contributed by atoms with van der Waals surface area (Å²) >= 11 is 0. The van der Waals surface area contributed by atoms with Crippen LogP contribution in [0.15, 0.2) is 63.0 Å². The van der Waals surface area contributed by atoms with Gasteiger partial charge >= 0.3 is 42.3 Å². The SMILES string of the molecule is C=CC(=C)OCC(O)COCC(F)(F)OCC(COCC(F)(F)OCC(O)COC(=O)C=C)(COCC(F)(F)OCC(O)COC(=O)C=C)COC(F)(F)COCC(O)COC(=O)C=C. The van der Waals surface area contributed by atoms with Crippen LogP contribution in [-0.2, 0) is 71.2 Å². The molecule has 27 heteroatoms. The molecule has 4 unspecified atom stereocenters. The number of rotatable bonds is 41. The maximum absolute atomic E-state index is 15.0. The van der Waals surface area contributed by atoms with E-state index in [2.05, 4.69) is 70.8 Å². The molecule has 0 aromatic heterocycles. The van der Waals surface area contributed by atoms with Crippen molar-refractivity contribution < 1.29 is 127 Å². The molecule has 0 bridgehead atoms. The Labute approximate surface area is 367 Å². The Morgan fingerprint density at radius 1 is 0.400 bits per heavy atom. The van der Waals surface area contributed by atoms with Crippen molar-refractivity contribution in [2.45, 2.75) is 48.9 Å². The van der Waals surface area contributed by atoms with Gasteiger partial charge in [-0.2, -0.15) is 35.1 Å². The number of allylic oxidation sites excluding steroid dienone is 1. The van der Waals surface area contributed by atoms with Crippen molar-refractivity contribution in [3.63, 3.8) is 0 Å². The van der Waals surface area contributed by atoms with E-state index >= 15 is 17.6 Å². The van der Waals surface area contributed by atoms with E-state index in [1.54, 1.807) is 0 Å². The van der Waals surface area contributed by atoms with Crippen LogP contribution in [0.1, 0.15) is 0 Å². The number of halogens is 8. The lowest BCUT2D eigenvalue weighted by Gasteiger charge is -2.36. The number of hydrogen-bond acceptors (Lipinski definition) is 19. The smallest absolute Gasteiger partial charge is 0.379 e. The van der Waals surface area contributed by atoms with E-state index in [0.29, 0.717) is 12.2 Å². The average Bonchev–Trinajstić information content (AvgIpc) is 3.25. The molecule has 0 spiro atoms. The third-order valence-corrected chi connectivity index (χ3v) is 7.11. The van der Waals surface area contributed by atoms with Crippen molar-refractivity contribution in [3.05, 3.63) is 63.0 Å². The van der Waals surface area contributed by atoms with E-state index in [1.807, 2.05) is 0 Å². The highest BCUT2D eigenvalue weighted by Gasteiger charge is 2.44. The molecule has 0 amide bonds. The first-order chi connectivity index (χ1) is 30.2. The summed E-state index contributed by atoms with van der Waals surface area (Å²) in [4.78, 5) is 33.5. The van der Waals surface area contributed by atoms with Crippen LogP contribution in [0.5, 0.6) is 0 Å². The number of ether oxygens (including phenoxy) is 12.